The highest BCUT2D eigenvalue weighted by atomic mass is 16.1. The summed E-state index contributed by atoms with van der Waals surface area (Å²) in [7, 11) is 0. The number of nitrogens with zero attached hydrogens (tertiary/aromatic N) is 1. The molecule has 2 rings (SSSR count). The Morgan fingerprint density at radius 2 is 2.20 bits per heavy atom. The first-order valence-electron chi connectivity index (χ1n) is 4.91. The van der Waals surface area contributed by atoms with E-state index in [-0.39, 0.29) is 11.2 Å². The van der Waals surface area contributed by atoms with Crippen LogP contribution in [0.15, 0.2) is 18.2 Å². The molecule has 1 fully saturated rings. The van der Waals surface area contributed by atoms with Crippen LogP contribution in [-0.4, -0.2) is 5.78 Å². The van der Waals surface area contributed by atoms with Gasteiger partial charge in [0.1, 0.15) is 0 Å². The van der Waals surface area contributed by atoms with E-state index in [1.54, 1.807) is 12.1 Å². The summed E-state index contributed by atoms with van der Waals surface area (Å²) < 4.78 is 0. The number of carbonyl (C=O) groups is 1. The van der Waals surface area contributed by atoms with Gasteiger partial charge in [-0.25, -0.2) is 0 Å². The first kappa shape index (κ1) is 9.72. The monoisotopic (exact) mass is 200 g/mol. The van der Waals surface area contributed by atoms with E-state index in [4.69, 9.17) is 11.0 Å². The molecule has 0 unspecified atom stereocenters. The second-order valence-electron chi connectivity index (χ2n) is 4.05. The third kappa shape index (κ3) is 1.48. The second-order valence-corrected chi connectivity index (χ2v) is 4.05. The van der Waals surface area contributed by atoms with Crippen LogP contribution < -0.4 is 5.73 Å². The van der Waals surface area contributed by atoms with Gasteiger partial charge in [0.25, 0.3) is 0 Å². The van der Waals surface area contributed by atoms with Gasteiger partial charge in [0, 0.05) is 11.3 Å². The molecule has 0 heterocycles. The van der Waals surface area contributed by atoms with Crippen LogP contribution in [-0.2, 0) is 5.41 Å². The van der Waals surface area contributed by atoms with Crippen LogP contribution in [0.2, 0.25) is 0 Å². The van der Waals surface area contributed by atoms with Crippen molar-refractivity contribution in [2.45, 2.75) is 25.2 Å². The number of carbonyl (C=O) groups excluding carboxylic acids is 1. The van der Waals surface area contributed by atoms with Crippen LogP contribution >= 0.6 is 0 Å². The van der Waals surface area contributed by atoms with Gasteiger partial charge in [0.15, 0.2) is 5.78 Å². The first-order chi connectivity index (χ1) is 7.09. The van der Waals surface area contributed by atoms with Gasteiger partial charge in [0.05, 0.1) is 11.5 Å². The molecule has 3 heteroatoms. The molecule has 76 valence electrons. The molecule has 1 aromatic rings. The van der Waals surface area contributed by atoms with Crippen LogP contribution in [0.4, 0.5) is 5.69 Å². The van der Waals surface area contributed by atoms with Crippen molar-refractivity contribution in [2.24, 2.45) is 0 Å². The Morgan fingerprint density at radius 1 is 1.53 bits per heavy atom. The Balaban J connectivity index is 2.49. The highest BCUT2D eigenvalue weighted by Gasteiger charge is 2.45. The Kier molecular flexibility index (Phi) is 2.01. The Morgan fingerprint density at radius 3 is 2.67 bits per heavy atom. The highest BCUT2D eigenvalue weighted by Crippen LogP contribution is 2.47. The largest absolute Gasteiger partial charge is 0.398 e. The van der Waals surface area contributed by atoms with Crippen LogP contribution in [0.5, 0.6) is 0 Å². The van der Waals surface area contributed by atoms with E-state index in [1.165, 1.54) is 6.92 Å². The quantitative estimate of drug-likeness (QED) is 0.586. The third-order valence-electron chi connectivity index (χ3n) is 2.95. The standard InChI is InChI=1S/C12H12N2O/c1-8(15)10-6-9(2-3-11(10)14)12(7-13)4-5-12/h2-3,6H,4-5,14H2,1H3. The van der Waals surface area contributed by atoms with Gasteiger partial charge in [-0.2, -0.15) is 5.26 Å². The zero-order valence-corrected chi connectivity index (χ0v) is 8.58. The summed E-state index contributed by atoms with van der Waals surface area (Å²) in [5.74, 6) is -0.0527. The number of hydrogen-bond acceptors (Lipinski definition) is 3. The summed E-state index contributed by atoms with van der Waals surface area (Å²) in [5, 5.41) is 9.04. The maximum Gasteiger partial charge on any atom is 0.161 e. The van der Waals surface area contributed by atoms with E-state index in [2.05, 4.69) is 6.07 Å². The molecule has 0 atom stereocenters. The minimum absolute atomic E-state index is 0.0527. The second kappa shape index (κ2) is 3.09. The van der Waals surface area contributed by atoms with Crippen molar-refractivity contribution < 1.29 is 4.79 Å². The number of nitriles is 1. The van der Waals surface area contributed by atoms with Crippen molar-refractivity contribution in [2.75, 3.05) is 5.73 Å². The lowest BCUT2D eigenvalue weighted by Gasteiger charge is -2.09. The zero-order valence-electron chi connectivity index (χ0n) is 8.58. The molecule has 0 amide bonds. The van der Waals surface area contributed by atoms with Gasteiger partial charge in [0.2, 0.25) is 0 Å². The molecule has 1 aliphatic rings. The van der Waals surface area contributed by atoms with E-state index < -0.39 is 0 Å². The number of nitrogens with two attached hydrogens (primary N) is 1. The average molecular weight is 200 g/mol. The Labute approximate surface area is 88.5 Å². The normalized spacial score (nSPS) is 16.8. The molecule has 1 aliphatic carbocycles. The van der Waals surface area contributed by atoms with E-state index in [9.17, 15) is 4.79 Å². The average Bonchev–Trinajstić information content (AvgIpc) is 2.99. The molecule has 1 aromatic carbocycles. The number of rotatable bonds is 2. The van der Waals surface area contributed by atoms with Gasteiger partial charge in [-0.05, 0) is 37.5 Å². The molecule has 2 N–H and O–H groups in total. The number of nitrogen functional groups attached to an aromatic ring is 1. The van der Waals surface area contributed by atoms with Gasteiger partial charge < -0.3 is 5.73 Å². The molecule has 15 heavy (non-hydrogen) atoms. The smallest absolute Gasteiger partial charge is 0.161 e. The molecular weight excluding hydrogens is 188 g/mol. The van der Waals surface area contributed by atoms with Crippen molar-refractivity contribution in [1.29, 1.82) is 5.26 Å². The minimum Gasteiger partial charge on any atom is -0.398 e. The zero-order chi connectivity index (χ0) is 11.1. The lowest BCUT2D eigenvalue weighted by Crippen LogP contribution is -2.07. The van der Waals surface area contributed by atoms with E-state index >= 15 is 0 Å². The van der Waals surface area contributed by atoms with Crippen molar-refractivity contribution in [3.8, 4) is 6.07 Å². The molecule has 0 aliphatic heterocycles. The highest BCUT2D eigenvalue weighted by molar-refractivity contribution is 5.99. The van der Waals surface area contributed by atoms with E-state index in [1.807, 2.05) is 6.07 Å². The number of ketones is 1. The predicted octanol–water partition coefficient (Wildman–Crippen LogP) is 2.03. The molecule has 0 aromatic heterocycles. The summed E-state index contributed by atoms with van der Waals surface area (Å²) in [6, 6.07) is 7.62. The number of Topliss-reactive ketones (excluding diaryl/α,β-unsaturated/α-hetero) is 1. The van der Waals surface area contributed by atoms with Gasteiger partial charge in [-0.3, -0.25) is 4.79 Å². The summed E-state index contributed by atoms with van der Waals surface area (Å²) >= 11 is 0. The number of hydrogen-bond donors (Lipinski definition) is 1. The Hall–Kier alpha value is -1.82. The summed E-state index contributed by atoms with van der Waals surface area (Å²) in [6.07, 6.45) is 1.76. The molecule has 0 saturated heterocycles. The van der Waals surface area contributed by atoms with Gasteiger partial charge in [-0.15, -0.1) is 0 Å². The lowest BCUT2D eigenvalue weighted by atomic mass is 9.94. The number of benzene rings is 1. The van der Waals surface area contributed by atoms with Gasteiger partial charge in [-0.1, -0.05) is 6.07 Å². The fourth-order valence-corrected chi connectivity index (χ4v) is 1.75. The van der Waals surface area contributed by atoms with Crippen molar-refractivity contribution in [1.82, 2.24) is 0 Å². The SMILES string of the molecule is CC(=O)c1cc(C2(C#N)CC2)ccc1N. The maximum absolute atomic E-state index is 11.3. The van der Waals surface area contributed by atoms with Crippen molar-refractivity contribution in [3.63, 3.8) is 0 Å². The molecule has 1 saturated carbocycles. The fraction of sp³-hybridized carbons (Fsp3) is 0.333. The van der Waals surface area contributed by atoms with Crippen LogP contribution in [0.3, 0.4) is 0 Å². The molecule has 0 spiro atoms. The lowest BCUT2D eigenvalue weighted by molar-refractivity contribution is 0.101. The predicted molar refractivity (Wildman–Crippen MR) is 57.4 cm³/mol. The van der Waals surface area contributed by atoms with Crippen LogP contribution in [0.25, 0.3) is 0 Å². The van der Waals surface area contributed by atoms with Crippen LogP contribution in [0, 0.1) is 11.3 Å². The molecular formula is C12H12N2O. The Bertz CT molecular complexity index is 467. The first-order valence-corrected chi connectivity index (χ1v) is 4.91. The molecule has 0 radical (unpaired) electrons. The van der Waals surface area contributed by atoms with Crippen molar-refractivity contribution in [3.05, 3.63) is 29.3 Å². The number of anilines is 1. The van der Waals surface area contributed by atoms with Gasteiger partial charge >= 0.3 is 0 Å². The fourth-order valence-electron chi connectivity index (χ4n) is 1.75. The third-order valence-corrected chi connectivity index (χ3v) is 2.95. The maximum atomic E-state index is 11.3. The van der Waals surface area contributed by atoms with Crippen LogP contribution in [0.1, 0.15) is 35.7 Å². The summed E-state index contributed by atoms with van der Waals surface area (Å²) in [5.41, 5.74) is 7.27. The van der Waals surface area contributed by atoms with E-state index in [0.717, 1.165) is 18.4 Å². The molecule has 0 bridgehead atoms. The topological polar surface area (TPSA) is 66.9 Å². The minimum atomic E-state index is -0.349. The van der Waals surface area contributed by atoms with E-state index in [0.29, 0.717) is 11.3 Å². The summed E-state index contributed by atoms with van der Waals surface area (Å²) in [4.78, 5) is 11.3. The van der Waals surface area contributed by atoms with Crippen molar-refractivity contribution >= 4 is 11.5 Å². The molecule has 3 nitrogen and oxygen atoms in total. The summed E-state index contributed by atoms with van der Waals surface area (Å²) in [6.45, 7) is 1.49.